The largest absolute Gasteiger partial charge is 1.00 e. The van der Waals surface area contributed by atoms with Crippen LogP contribution in [0, 0.1) is 0 Å². The fourth-order valence-electron chi connectivity index (χ4n) is 3.03. The molecule has 2 aromatic rings. The van der Waals surface area contributed by atoms with E-state index in [0.717, 1.165) is 0 Å². The third-order valence-electron chi connectivity index (χ3n) is 4.37. The molecule has 0 bridgehead atoms. The Morgan fingerprint density at radius 1 is 1.10 bits per heavy atom. The van der Waals surface area contributed by atoms with Crippen LogP contribution < -0.4 is 144 Å². The summed E-state index contributed by atoms with van der Waals surface area (Å²) >= 11 is 4.39. The zero-order valence-corrected chi connectivity index (χ0v) is 33.0. The number of methoxy groups -OCH3 is 1. The number of rotatable bonds is 12. The van der Waals surface area contributed by atoms with Crippen LogP contribution in [-0.2, 0) is 48.3 Å². The number of hydrogen-bond acceptors (Lipinski definition) is 18. The number of imidazole rings is 1. The summed E-state index contributed by atoms with van der Waals surface area (Å²) in [4.78, 5) is 56.6. The van der Waals surface area contributed by atoms with Gasteiger partial charge in [-0.3, -0.25) is 17.8 Å². The second-order valence-corrected chi connectivity index (χ2v) is 12.4. The van der Waals surface area contributed by atoms with Crippen LogP contribution in [-0.4, -0.2) is 69.9 Å². The Balaban J connectivity index is 0. The molecule has 6 atom stereocenters. The fourth-order valence-corrected chi connectivity index (χ4v) is 6.81. The predicted octanol–water partition coefficient (Wildman–Crippen LogP) is -15.4. The van der Waals surface area contributed by atoms with Gasteiger partial charge in [-0.05, 0) is 0 Å². The van der Waals surface area contributed by atoms with Crippen LogP contribution in [0.15, 0.2) is 12.7 Å². The van der Waals surface area contributed by atoms with Crippen LogP contribution in [0.2, 0.25) is 0 Å². The van der Waals surface area contributed by atoms with E-state index in [1.54, 1.807) is 0 Å². The first-order valence-corrected chi connectivity index (χ1v) is 14.8. The summed E-state index contributed by atoms with van der Waals surface area (Å²) in [5.74, 6) is 0.0817. The average molecular weight is 669 g/mol. The molecule has 18 nitrogen and oxygen atoms in total. The van der Waals surface area contributed by atoms with Crippen molar-refractivity contribution in [3.63, 3.8) is 0 Å². The molecule has 0 aliphatic carbocycles. The number of aliphatic hydroxyl groups excluding tert-OH is 1. The Labute approximate surface area is 315 Å². The van der Waals surface area contributed by atoms with Crippen molar-refractivity contribution in [3.8, 4) is 0 Å². The van der Waals surface area contributed by atoms with E-state index in [2.05, 4.69) is 35.4 Å². The third kappa shape index (κ3) is 13.1. The van der Waals surface area contributed by atoms with E-state index >= 15 is 0 Å². The summed E-state index contributed by atoms with van der Waals surface area (Å²) in [5.41, 5.74) is 6.26. The third-order valence-corrected chi connectivity index (χ3v) is 8.95. The Morgan fingerprint density at radius 3 is 2.33 bits per heavy atom. The summed E-state index contributed by atoms with van der Waals surface area (Å²) in [6, 6.07) is 0. The van der Waals surface area contributed by atoms with E-state index in [1.807, 2.05) is 0 Å². The molecule has 0 saturated carbocycles. The van der Waals surface area contributed by atoms with Gasteiger partial charge < -0.3 is 53.7 Å². The monoisotopic (exact) mass is 669 g/mol. The molecule has 0 amide bonds. The molecule has 1 fully saturated rings. The van der Waals surface area contributed by atoms with Crippen molar-refractivity contribution in [2.45, 2.75) is 24.5 Å². The van der Waals surface area contributed by atoms with Crippen molar-refractivity contribution in [1.82, 2.24) is 19.5 Å². The minimum Gasteiger partial charge on any atom is -0.790 e. The molecule has 39 heavy (non-hydrogen) atoms. The zero-order valence-electron chi connectivity index (χ0n) is 21.5. The van der Waals surface area contributed by atoms with Crippen molar-refractivity contribution in [3.05, 3.63) is 12.7 Å². The maximum absolute atomic E-state index is 12.2. The number of fused-ring (bicyclic) bond motifs is 1. The number of hydrogen-bond donors (Lipinski definition) is 2. The quantitative estimate of drug-likeness (QED) is 0.121. The van der Waals surface area contributed by atoms with Crippen LogP contribution in [0.5, 0.6) is 0 Å². The fraction of sp³-hybridized carbons (Fsp3) is 0.615. The summed E-state index contributed by atoms with van der Waals surface area (Å²) < 4.78 is 51.5. The summed E-state index contributed by atoms with van der Waals surface area (Å²) in [6.07, 6.45) is -2.46. The number of nitrogens with two attached hydrogens (primary N) is 1. The van der Waals surface area contributed by atoms with Gasteiger partial charge in [0.1, 0.15) is 36.9 Å². The van der Waals surface area contributed by atoms with E-state index in [1.165, 1.54) is 24.3 Å². The van der Waals surface area contributed by atoms with Gasteiger partial charge in [0.25, 0.3) is 7.82 Å². The molecule has 0 aromatic carbocycles. The van der Waals surface area contributed by atoms with Gasteiger partial charge in [-0.1, -0.05) is 11.8 Å². The molecule has 3 N–H and O–H groups in total. The first kappa shape index (κ1) is 44.1. The molecule has 1 saturated heterocycles. The summed E-state index contributed by atoms with van der Waals surface area (Å²) in [7, 11) is -10.6. The number of nitrogens with zero attached hydrogens (tertiary/aromatic N) is 4. The van der Waals surface area contributed by atoms with E-state index < -0.39 is 53.5 Å². The summed E-state index contributed by atoms with van der Waals surface area (Å²) in [5, 5.41) is 10.7. The van der Waals surface area contributed by atoms with E-state index in [0.29, 0.717) is 0 Å². The average Bonchev–Trinajstić information content (AvgIpc) is 3.26. The van der Waals surface area contributed by atoms with Crippen molar-refractivity contribution < 1.29 is 179 Å². The Hall–Kier alpha value is 3.02. The zero-order chi connectivity index (χ0) is 26.0. The minimum absolute atomic E-state index is 0. The van der Waals surface area contributed by atoms with Crippen molar-refractivity contribution in [2.24, 2.45) is 0 Å². The molecular weight excluding hydrogens is 651 g/mol. The number of nitrogen functional groups attached to an aromatic ring is 1. The Morgan fingerprint density at radius 2 is 1.74 bits per heavy atom. The standard InChI is InChI=1S/C13H22N5O13P3S.4Na/c1-26-2-3-27-10-9(19)7(4-28-34(25,35)31-33(23,24)30-32(20,21)22)29-13(10)18-6-17-8-11(14)15-5-16-12(8)18;;;;/h5-7,9-10,13,19H,2-4H2,1H3,(H,23,24)(H,25,35)(H2,14,15,16)(H2,20,21,22);;;;/q;4*+1/p-4/t7-,9-,10-,13-,34?;;;;/m1..../s1. The van der Waals surface area contributed by atoms with Gasteiger partial charge in [-0.15, -0.1) is 0 Å². The molecule has 1 aliphatic rings. The van der Waals surface area contributed by atoms with Crippen LogP contribution in [0.4, 0.5) is 5.82 Å². The molecule has 26 heteroatoms. The van der Waals surface area contributed by atoms with Gasteiger partial charge in [-0.25, -0.2) is 15.0 Å². The van der Waals surface area contributed by atoms with Gasteiger partial charge >= 0.3 is 118 Å². The van der Waals surface area contributed by atoms with Crippen LogP contribution in [0.1, 0.15) is 6.23 Å². The SMILES string of the molecule is COCCO[C@@H]1[C@H](O)[C@@H](COP([O-])(=S)OP(=O)([O-])OP(=O)([O-])[O-])O[C@H]1n1cnc2c(N)ncnc21.[Na+].[Na+].[Na+].[Na+]. The maximum atomic E-state index is 12.2. The normalized spacial score (nSPS) is 23.8. The first-order chi connectivity index (χ1) is 16.2. The van der Waals surface area contributed by atoms with E-state index in [9.17, 15) is 33.8 Å². The van der Waals surface area contributed by atoms with Gasteiger partial charge in [0.15, 0.2) is 17.7 Å². The van der Waals surface area contributed by atoms with E-state index in [-0.39, 0.29) is 148 Å². The number of ether oxygens (including phenoxy) is 3. The number of aromatic nitrogens is 4. The van der Waals surface area contributed by atoms with Gasteiger partial charge in [0.05, 0.1) is 34.0 Å². The van der Waals surface area contributed by atoms with Crippen LogP contribution in [0.25, 0.3) is 11.2 Å². The molecular formula is C13H18N5Na4O13P3S. The number of phosphoric acid groups is 2. The Kier molecular flexibility index (Phi) is 21.3. The molecule has 198 valence electrons. The predicted molar refractivity (Wildman–Crippen MR) is 109 cm³/mol. The summed E-state index contributed by atoms with van der Waals surface area (Å²) in [6.45, 7) is -5.59. The van der Waals surface area contributed by atoms with Crippen LogP contribution >= 0.6 is 22.4 Å². The molecule has 2 unspecified atom stereocenters. The van der Waals surface area contributed by atoms with Gasteiger partial charge in [0.2, 0.25) is 0 Å². The Bertz CT molecular complexity index is 1200. The first-order valence-electron chi connectivity index (χ1n) is 9.31. The number of aliphatic hydroxyl groups is 1. The second-order valence-electron chi connectivity index (χ2n) is 6.77. The van der Waals surface area contributed by atoms with E-state index in [4.69, 9.17) is 24.5 Å². The molecule has 2 aromatic heterocycles. The van der Waals surface area contributed by atoms with Crippen molar-refractivity contribution >= 4 is 51.2 Å². The minimum atomic E-state index is -6.05. The molecule has 3 rings (SSSR count). The van der Waals surface area contributed by atoms with Gasteiger partial charge in [0, 0.05) is 7.11 Å². The molecule has 1 aliphatic heterocycles. The second kappa shape index (κ2) is 18.9. The molecule has 0 spiro atoms. The number of anilines is 1. The molecule has 0 radical (unpaired) electrons. The van der Waals surface area contributed by atoms with Crippen molar-refractivity contribution in [2.75, 3.05) is 32.7 Å². The van der Waals surface area contributed by atoms with Crippen molar-refractivity contribution in [1.29, 1.82) is 0 Å². The maximum Gasteiger partial charge on any atom is 1.00 e. The van der Waals surface area contributed by atoms with Crippen LogP contribution in [0.3, 0.4) is 0 Å². The smallest absolute Gasteiger partial charge is 0.790 e. The molecule has 3 heterocycles. The van der Waals surface area contributed by atoms with Gasteiger partial charge in [-0.2, -0.15) is 0 Å². The topological polar surface area (TPSA) is 272 Å².